The topological polar surface area (TPSA) is 66.4 Å². The van der Waals surface area contributed by atoms with Crippen molar-refractivity contribution < 1.29 is 14.7 Å². The Bertz CT molecular complexity index is 440. The molecule has 0 aliphatic carbocycles. The molecule has 0 aliphatic rings. The van der Waals surface area contributed by atoms with E-state index < -0.39 is 17.3 Å². The van der Waals surface area contributed by atoms with Crippen molar-refractivity contribution in [1.29, 1.82) is 0 Å². The number of hydrogen-bond acceptors (Lipinski definition) is 2. The molecule has 0 spiro atoms. The van der Waals surface area contributed by atoms with E-state index in [1.54, 1.807) is 6.92 Å². The number of carbonyl (C=O) groups is 2. The summed E-state index contributed by atoms with van der Waals surface area (Å²) in [6, 6.07) is 9.54. The molecule has 0 heterocycles. The zero-order valence-corrected chi connectivity index (χ0v) is 11.6. The van der Waals surface area contributed by atoms with Crippen LogP contribution in [-0.2, 0) is 15.0 Å². The third kappa shape index (κ3) is 4.09. The number of hydrogen-bond donors (Lipinski definition) is 2. The fourth-order valence-electron chi connectivity index (χ4n) is 1.73. The van der Waals surface area contributed by atoms with E-state index in [1.807, 2.05) is 44.2 Å². The highest BCUT2D eigenvalue weighted by Crippen LogP contribution is 2.22. The predicted octanol–water partition coefficient (Wildman–Crippen LogP) is 2.19. The van der Waals surface area contributed by atoms with Crippen LogP contribution in [-0.4, -0.2) is 23.5 Å². The SMILES string of the molecule is CC(CCNC(=O)C(C)(C)c1ccccc1)C(=O)O. The van der Waals surface area contributed by atoms with E-state index in [2.05, 4.69) is 5.32 Å². The van der Waals surface area contributed by atoms with Gasteiger partial charge < -0.3 is 10.4 Å². The number of amides is 1. The maximum absolute atomic E-state index is 12.2. The first-order valence-electron chi connectivity index (χ1n) is 6.42. The Kier molecular flexibility index (Phi) is 5.10. The van der Waals surface area contributed by atoms with Gasteiger partial charge in [0.25, 0.3) is 0 Å². The fraction of sp³-hybridized carbons (Fsp3) is 0.467. The van der Waals surface area contributed by atoms with Gasteiger partial charge >= 0.3 is 5.97 Å². The number of nitrogens with one attached hydrogen (secondary N) is 1. The fourth-order valence-corrected chi connectivity index (χ4v) is 1.73. The third-order valence-corrected chi connectivity index (χ3v) is 3.35. The van der Waals surface area contributed by atoms with Gasteiger partial charge in [0.05, 0.1) is 11.3 Å². The molecule has 2 N–H and O–H groups in total. The van der Waals surface area contributed by atoms with Gasteiger partial charge in [0.2, 0.25) is 5.91 Å². The Morgan fingerprint density at radius 1 is 1.26 bits per heavy atom. The molecule has 0 aromatic heterocycles. The molecule has 0 fully saturated rings. The Balaban J connectivity index is 2.56. The van der Waals surface area contributed by atoms with Crippen molar-refractivity contribution in [3.05, 3.63) is 35.9 Å². The van der Waals surface area contributed by atoms with Gasteiger partial charge in [-0.3, -0.25) is 9.59 Å². The Labute approximate surface area is 113 Å². The van der Waals surface area contributed by atoms with E-state index in [1.165, 1.54) is 0 Å². The quantitative estimate of drug-likeness (QED) is 0.826. The Hall–Kier alpha value is -1.84. The van der Waals surface area contributed by atoms with Crippen molar-refractivity contribution >= 4 is 11.9 Å². The molecule has 0 saturated heterocycles. The summed E-state index contributed by atoms with van der Waals surface area (Å²) in [4.78, 5) is 22.8. The van der Waals surface area contributed by atoms with Gasteiger partial charge in [-0.05, 0) is 25.8 Å². The molecule has 0 bridgehead atoms. The first-order valence-corrected chi connectivity index (χ1v) is 6.42. The predicted molar refractivity (Wildman–Crippen MR) is 73.9 cm³/mol. The zero-order valence-electron chi connectivity index (χ0n) is 11.6. The van der Waals surface area contributed by atoms with Crippen molar-refractivity contribution in [2.75, 3.05) is 6.54 Å². The molecule has 104 valence electrons. The molecule has 19 heavy (non-hydrogen) atoms. The van der Waals surface area contributed by atoms with Crippen LogP contribution < -0.4 is 5.32 Å². The summed E-state index contributed by atoms with van der Waals surface area (Å²) in [7, 11) is 0. The average Bonchev–Trinajstić information content (AvgIpc) is 2.39. The first kappa shape index (κ1) is 15.2. The van der Waals surface area contributed by atoms with Crippen molar-refractivity contribution in [3.8, 4) is 0 Å². The van der Waals surface area contributed by atoms with Crippen LogP contribution in [0.15, 0.2) is 30.3 Å². The van der Waals surface area contributed by atoms with E-state index in [0.29, 0.717) is 13.0 Å². The van der Waals surface area contributed by atoms with Gasteiger partial charge in [-0.2, -0.15) is 0 Å². The summed E-state index contributed by atoms with van der Waals surface area (Å²) in [5.74, 6) is -1.37. The highest BCUT2D eigenvalue weighted by molar-refractivity contribution is 5.87. The maximum Gasteiger partial charge on any atom is 0.306 e. The van der Waals surface area contributed by atoms with Crippen LogP contribution in [0.2, 0.25) is 0 Å². The van der Waals surface area contributed by atoms with Crippen LogP contribution in [0.25, 0.3) is 0 Å². The lowest BCUT2D eigenvalue weighted by Crippen LogP contribution is -2.41. The third-order valence-electron chi connectivity index (χ3n) is 3.35. The number of carboxylic acids is 1. The average molecular weight is 263 g/mol. The molecule has 1 rings (SSSR count). The summed E-state index contributed by atoms with van der Waals surface area (Å²) >= 11 is 0. The minimum Gasteiger partial charge on any atom is -0.481 e. The minimum absolute atomic E-state index is 0.0868. The standard InChI is InChI=1S/C15H21NO3/c1-11(13(17)18)9-10-16-14(19)15(2,3)12-7-5-4-6-8-12/h4-8,11H,9-10H2,1-3H3,(H,16,19)(H,17,18). The van der Waals surface area contributed by atoms with E-state index in [9.17, 15) is 9.59 Å². The van der Waals surface area contributed by atoms with Crippen molar-refractivity contribution in [3.63, 3.8) is 0 Å². The van der Waals surface area contributed by atoms with Crippen LogP contribution in [0.3, 0.4) is 0 Å². The number of aliphatic carboxylic acids is 1. The molecule has 0 radical (unpaired) electrons. The van der Waals surface area contributed by atoms with Gasteiger partial charge in [-0.1, -0.05) is 37.3 Å². The molecule has 1 atom stereocenters. The molecule has 1 unspecified atom stereocenters. The lowest BCUT2D eigenvalue weighted by atomic mass is 9.83. The number of carboxylic acid groups (broad SMARTS) is 1. The molecule has 1 aromatic carbocycles. The number of benzene rings is 1. The molecular formula is C15H21NO3. The Morgan fingerprint density at radius 2 is 1.84 bits per heavy atom. The van der Waals surface area contributed by atoms with Gasteiger partial charge in [-0.25, -0.2) is 0 Å². The summed E-state index contributed by atoms with van der Waals surface area (Å²) in [6.45, 7) is 5.73. The molecule has 4 nitrogen and oxygen atoms in total. The molecule has 0 saturated carbocycles. The van der Waals surface area contributed by atoms with Gasteiger partial charge in [0, 0.05) is 6.54 Å². The van der Waals surface area contributed by atoms with Crippen LogP contribution in [0.4, 0.5) is 0 Å². The molecule has 4 heteroatoms. The van der Waals surface area contributed by atoms with Crippen molar-refractivity contribution in [2.24, 2.45) is 5.92 Å². The Morgan fingerprint density at radius 3 is 2.37 bits per heavy atom. The number of carbonyl (C=O) groups excluding carboxylic acids is 1. The molecule has 0 aliphatic heterocycles. The summed E-state index contributed by atoms with van der Waals surface area (Å²) in [5.41, 5.74) is 0.326. The van der Waals surface area contributed by atoms with Crippen LogP contribution in [0.5, 0.6) is 0 Å². The smallest absolute Gasteiger partial charge is 0.306 e. The maximum atomic E-state index is 12.2. The zero-order chi connectivity index (χ0) is 14.5. The van der Waals surface area contributed by atoms with Gasteiger partial charge in [0.1, 0.15) is 0 Å². The van der Waals surface area contributed by atoms with E-state index in [4.69, 9.17) is 5.11 Å². The van der Waals surface area contributed by atoms with E-state index in [0.717, 1.165) is 5.56 Å². The van der Waals surface area contributed by atoms with Gasteiger partial charge in [-0.15, -0.1) is 0 Å². The second-order valence-electron chi connectivity index (χ2n) is 5.27. The van der Waals surface area contributed by atoms with Crippen molar-refractivity contribution in [2.45, 2.75) is 32.6 Å². The number of rotatable bonds is 6. The first-order chi connectivity index (χ1) is 8.85. The lowest BCUT2D eigenvalue weighted by molar-refractivity contribution is -0.141. The summed E-state index contributed by atoms with van der Waals surface area (Å²) in [6.07, 6.45) is 0.436. The normalized spacial score (nSPS) is 12.8. The summed E-state index contributed by atoms with van der Waals surface area (Å²) < 4.78 is 0. The molecule has 1 aromatic rings. The minimum atomic E-state index is -0.837. The second-order valence-corrected chi connectivity index (χ2v) is 5.27. The second kappa shape index (κ2) is 6.36. The van der Waals surface area contributed by atoms with Crippen LogP contribution in [0, 0.1) is 5.92 Å². The highest BCUT2D eigenvalue weighted by Gasteiger charge is 2.29. The van der Waals surface area contributed by atoms with Crippen LogP contribution in [0.1, 0.15) is 32.8 Å². The largest absolute Gasteiger partial charge is 0.481 e. The highest BCUT2D eigenvalue weighted by atomic mass is 16.4. The molecule has 1 amide bonds. The van der Waals surface area contributed by atoms with E-state index in [-0.39, 0.29) is 5.91 Å². The lowest BCUT2D eigenvalue weighted by Gasteiger charge is -2.24. The monoisotopic (exact) mass is 263 g/mol. The summed E-state index contributed by atoms with van der Waals surface area (Å²) in [5, 5.41) is 11.6. The van der Waals surface area contributed by atoms with Crippen LogP contribution >= 0.6 is 0 Å². The van der Waals surface area contributed by atoms with Gasteiger partial charge in [0.15, 0.2) is 0 Å². The van der Waals surface area contributed by atoms with Crippen molar-refractivity contribution in [1.82, 2.24) is 5.32 Å². The van der Waals surface area contributed by atoms with E-state index >= 15 is 0 Å². The molecular weight excluding hydrogens is 242 g/mol.